The molecule has 1 aliphatic carbocycles. The quantitative estimate of drug-likeness (QED) is 0.605. The molecule has 2 fully saturated rings. The van der Waals surface area contributed by atoms with E-state index in [1.165, 1.54) is 25.9 Å². The van der Waals surface area contributed by atoms with E-state index in [0.29, 0.717) is 0 Å². The Hall–Kier alpha value is -0.0400. The minimum atomic E-state index is 0.932. The van der Waals surface area contributed by atoms with E-state index in [9.17, 15) is 0 Å². The molecule has 0 spiro atoms. The molecular weight excluding hydrogens is 158 g/mol. The summed E-state index contributed by atoms with van der Waals surface area (Å²) in [5.41, 5.74) is 0. The summed E-state index contributed by atoms with van der Waals surface area (Å²) >= 11 is 0. The highest BCUT2D eigenvalue weighted by molar-refractivity contribution is 4.90. The summed E-state index contributed by atoms with van der Waals surface area (Å²) in [4.78, 5) is 0. The van der Waals surface area contributed by atoms with Gasteiger partial charge in [-0.2, -0.15) is 0 Å². The molecule has 76 valence electrons. The summed E-state index contributed by atoms with van der Waals surface area (Å²) in [5.74, 6) is 4.82. The fourth-order valence-corrected chi connectivity index (χ4v) is 3.45. The summed E-state index contributed by atoms with van der Waals surface area (Å²) in [6.07, 6.45) is 2.91. The third kappa shape index (κ3) is 1.63. The van der Waals surface area contributed by atoms with Crippen LogP contribution < -0.4 is 5.32 Å². The highest BCUT2D eigenvalue weighted by atomic mass is 14.9. The van der Waals surface area contributed by atoms with Crippen molar-refractivity contribution in [3.8, 4) is 0 Å². The molecule has 0 aromatic carbocycles. The third-order valence-corrected chi connectivity index (χ3v) is 4.75. The first-order chi connectivity index (χ1) is 6.20. The van der Waals surface area contributed by atoms with Gasteiger partial charge >= 0.3 is 0 Å². The van der Waals surface area contributed by atoms with Gasteiger partial charge < -0.3 is 5.32 Å². The van der Waals surface area contributed by atoms with Gasteiger partial charge in [0.25, 0.3) is 0 Å². The zero-order valence-corrected chi connectivity index (χ0v) is 9.22. The average Bonchev–Trinajstić information content (AvgIpc) is 2.15. The van der Waals surface area contributed by atoms with Gasteiger partial charge in [-0.15, -0.1) is 0 Å². The highest BCUT2D eigenvalue weighted by Gasteiger charge is 2.39. The molecule has 0 aromatic heterocycles. The smallest absolute Gasteiger partial charge is 0.00152 e. The molecule has 0 aromatic rings. The summed E-state index contributed by atoms with van der Waals surface area (Å²) in [7, 11) is 0. The Morgan fingerprint density at radius 1 is 1.08 bits per heavy atom. The standard InChI is InChI=1S/C12H23N/c1-8-6-11-4-5-13-7-12(11)10(3)9(8)2/h8-13H,4-7H2,1-3H3. The van der Waals surface area contributed by atoms with Gasteiger partial charge in [0.15, 0.2) is 0 Å². The predicted molar refractivity (Wildman–Crippen MR) is 56.6 cm³/mol. The van der Waals surface area contributed by atoms with Crippen LogP contribution in [0.4, 0.5) is 0 Å². The van der Waals surface area contributed by atoms with Crippen LogP contribution in [0.15, 0.2) is 0 Å². The summed E-state index contributed by atoms with van der Waals surface area (Å²) in [6.45, 7) is 9.89. The molecule has 1 saturated heterocycles. The monoisotopic (exact) mass is 181 g/mol. The van der Waals surface area contributed by atoms with Crippen LogP contribution in [0.3, 0.4) is 0 Å². The summed E-state index contributed by atoms with van der Waals surface area (Å²) in [5, 5.41) is 3.55. The van der Waals surface area contributed by atoms with E-state index in [4.69, 9.17) is 0 Å². The zero-order chi connectivity index (χ0) is 9.42. The first-order valence-corrected chi connectivity index (χ1v) is 5.91. The molecule has 1 aliphatic heterocycles. The Morgan fingerprint density at radius 2 is 1.85 bits per heavy atom. The van der Waals surface area contributed by atoms with Gasteiger partial charge in [0.05, 0.1) is 0 Å². The van der Waals surface area contributed by atoms with Gasteiger partial charge in [-0.05, 0) is 55.5 Å². The average molecular weight is 181 g/mol. The minimum absolute atomic E-state index is 0.932. The number of nitrogens with one attached hydrogen (secondary N) is 1. The molecule has 1 heteroatoms. The van der Waals surface area contributed by atoms with Crippen molar-refractivity contribution in [2.45, 2.75) is 33.6 Å². The molecule has 0 radical (unpaired) electrons. The SMILES string of the molecule is CC1CC2CCNCC2C(C)C1C. The van der Waals surface area contributed by atoms with Gasteiger partial charge in [0, 0.05) is 0 Å². The Bertz CT molecular complexity index is 176. The highest BCUT2D eigenvalue weighted by Crippen LogP contribution is 2.43. The molecule has 2 rings (SSSR count). The molecule has 0 amide bonds. The van der Waals surface area contributed by atoms with E-state index >= 15 is 0 Å². The summed E-state index contributed by atoms with van der Waals surface area (Å²) in [6, 6.07) is 0. The molecule has 1 heterocycles. The molecule has 0 bridgehead atoms. The van der Waals surface area contributed by atoms with Crippen LogP contribution >= 0.6 is 0 Å². The lowest BCUT2D eigenvalue weighted by molar-refractivity contribution is 0.0443. The number of rotatable bonds is 0. The molecule has 5 atom stereocenters. The lowest BCUT2D eigenvalue weighted by Crippen LogP contribution is -2.46. The molecule has 13 heavy (non-hydrogen) atoms. The lowest BCUT2D eigenvalue weighted by atomic mass is 9.62. The van der Waals surface area contributed by atoms with E-state index in [2.05, 4.69) is 26.1 Å². The normalized spacial score (nSPS) is 51.5. The third-order valence-electron chi connectivity index (χ3n) is 4.75. The fourth-order valence-electron chi connectivity index (χ4n) is 3.45. The van der Waals surface area contributed by atoms with Gasteiger partial charge in [0.2, 0.25) is 0 Å². The topological polar surface area (TPSA) is 12.0 Å². The number of fused-ring (bicyclic) bond motifs is 1. The van der Waals surface area contributed by atoms with Crippen molar-refractivity contribution < 1.29 is 0 Å². The van der Waals surface area contributed by atoms with E-state index < -0.39 is 0 Å². The predicted octanol–water partition coefficient (Wildman–Crippen LogP) is 2.52. The number of hydrogen-bond donors (Lipinski definition) is 1. The van der Waals surface area contributed by atoms with Gasteiger partial charge in [0.1, 0.15) is 0 Å². The Morgan fingerprint density at radius 3 is 2.62 bits per heavy atom. The first-order valence-electron chi connectivity index (χ1n) is 5.91. The largest absolute Gasteiger partial charge is 0.316 e. The maximum Gasteiger partial charge on any atom is -0.00152 e. The first kappa shape index (κ1) is 9.51. The molecular formula is C12H23N. The van der Waals surface area contributed by atoms with E-state index in [1.807, 2.05) is 0 Å². The summed E-state index contributed by atoms with van der Waals surface area (Å²) < 4.78 is 0. The van der Waals surface area contributed by atoms with Crippen LogP contribution in [-0.2, 0) is 0 Å². The van der Waals surface area contributed by atoms with Gasteiger partial charge in [-0.25, -0.2) is 0 Å². The van der Waals surface area contributed by atoms with Crippen molar-refractivity contribution in [1.82, 2.24) is 5.32 Å². The Kier molecular flexibility index (Phi) is 2.64. The maximum atomic E-state index is 3.55. The van der Waals surface area contributed by atoms with Crippen molar-refractivity contribution in [3.63, 3.8) is 0 Å². The number of piperidine rings is 1. The van der Waals surface area contributed by atoms with Gasteiger partial charge in [-0.1, -0.05) is 20.8 Å². The maximum absolute atomic E-state index is 3.55. The van der Waals surface area contributed by atoms with Gasteiger partial charge in [-0.3, -0.25) is 0 Å². The van der Waals surface area contributed by atoms with Crippen molar-refractivity contribution >= 4 is 0 Å². The lowest BCUT2D eigenvalue weighted by Gasteiger charge is -2.46. The van der Waals surface area contributed by atoms with Crippen LogP contribution in [0, 0.1) is 29.6 Å². The second-order valence-corrected chi connectivity index (χ2v) is 5.35. The van der Waals surface area contributed by atoms with Crippen molar-refractivity contribution in [3.05, 3.63) is 0 Å². The Balaban J connectivity index is 2.08. The van der Waals surface area contributed by atoms with E-state index in [-0.39, 0.29) is 0 Å². The van der Waals surface area contributed by atoms with Crippen molar-refractivity contribution in [1.29, 1.82) is 0 Å². The number of hydrogen-bond acceptors (Lipinski definition) is 1. The molecule has 1 N–H and O–H groups in total. The molecule has 1 saturated carbocycles. The van der Waals surface area contributed by atoms with Crippen LogP contribution in [0.25, 0.3) is 0 Å². The van der Waals surface area contributed by atoms with Crippen LogP contribution in [0.2, 0.25) is 0 Å². The Labute approximate surface area is 82.3 Å². The van der Waals surface area contributed by atoms with Crippen LogP contribution in [-0.4, -0.2) is 13.1 Å². The van der Waals surface area contributed by atoms with Crippen molar-refractivity contribution in [2.24, 2.45) is 29.6 Å². The molecule has 5 unspecified atom stereocenters. The minimum Gasteiger partial charge on any atom is -0.316 e. The van der Waals surface area contributed by atoms with Crippen molar-refractivity contribution in [2.75, 3.05) is 13.1 Å². The molecule has 2 aliphatic rings. The van der Waals surface area contributed by atoms with E-state index in [1.54, 1.807) is 0 Å². The van der Waals surface area contributed by atoms with Crippen LogP contribution in [0.1, 0.15) is 33.6 Å². The molecule has 1 nitrogen and oxygen atoms in total. The fraction of sp³-hybridized carbons (Fsp3) is 1.00. The van der Waals surface area contributed by atoms with E-state index in [0.717, 1.165) is 29.6 Å². The zero-order valence-electron chi connectivity index (χ0n) is 9.22. The van der Waals surface area contributed by atoms with Crippen LogP contribution in [0.5, 0.6) is 0 Å². The second-order valence-electron chi connectivity index (χ2n) is 5.35. The second kappa shape index (κ2) is 3.61.